The third-order valence-electron chi connectivity index (χ3n) is 2.79. The Morgan fingerprint density at radius 2 is 1.86 bits per heavy atom. The van der Waals surface area contributed by atoms with Crippen molar-refractivity contribution in [2.45, 2.75) is 39.5 Å². The third-order valence-corrected chi connectivity index (χ3v) is 2.79. The summed E-state index contributed by atoms with van der Waals surface area (Å²) in [4.78, 5) is 8.39. The van der Waals surface area contributed by atoms with E-state index >= 15 is 0 Å². The molecule has 0 unspecified atom stereocenters. The van der Waals surface area contributed by atoms with Crippen LogP contribution < -0.4 is 10.1 Å². The van der Waals surface area contributed by atoms with Gasteiger partial charge in [-0.05, 0) is 38.5 Å². The van der Waals surface area contributed by atoms with Crippen molar-refractivity contribution in [1.29, 1.82) is 0 Å². The summed E-state index contributed by atoms with van der Waals surface area (Å²) >= 11 is 0. The molecular formula is C16H21N3O2. The Balaban J connectivity index is 1.98. The van der Waals surface area contributed by atoms with Crippen molar-refractivity contribution in [3.8, 4) is 11.8 Å². The summed E-state index contributed by atoms with van der Waals surface area (Å²) < 4.78 is 5.57. The van der Waals surface area contributed by atoms with Gasteiger partial charge in [0.1, 0.15) is 5.75 Å². The number of hydrogen-bond acceptors (Lipinski definition) is 5. The molecule has 2 N–H and O–H groups in total. The Kier molecular flexibility index (Phi) is 4.88. The predicted molar refractivity (Wildman–Crippen MR) is 81.1 cm³/mol. The van der Waals surface area contributed by atoms with E-state index in [1.165, 1.54) is 0 Å². The molecule has 0 saturated heterocycles. The van der Waals surface area contributed by atoms with Crippen molar-refractivity contribution in [3.63, 3.8) is 0 Å². The Labute approximate surface area is 125 Å². The minimum Gasteiger partial charge on any atom is -0.424 e. The lowest BCUT2D eigenvalue weighted by molar-refractivity contribution is 0.281. The molecule has 0 amide bonds. The summed E-state index contributed by atoms with van der Waals surface area (Å²) in [5.41, 5.74) is 1.85. The maximum Gasteiger partial charge on any atom is 0.321 e. The van der Waals surface area contributed by atoms with Crippen molar-refractivity contribution in [1.82, 2.24) is 15.3 Å². The first-order valence-electron chi connectivity index (χ1n) is 6.90. The molecule has 0 radical (unpaired) electrons. The van der Waals surface area contributed by atoms with Crippen LogP contribution in [0.4, 0.5) is 0 Å². The minimum atomic E-state index is -0.0184. The van der Waals surface area contributed by atoms with E-state index in [2.05, 4.69) is 36.1 Å². The van der Waals surface area contributed by atoms with Gasteiger partial charge in [-0.2, -0.15) is 0 Å². The van der Waals surface area contributed by atoms with Gasteiger partial charge in [-0.25, -0.2) is 9.97 Å². The normalized spacial score (nSPS) is 11.4. The van der Waals surface area contributed by atoms with E-state index in [1.807, 2.05) is 12.1 Å². The van der Waals surface area contributed by atoms with Crippen LogP contribution >= 0.6 is 0 Å². The molecular weight excluding hydrogens is 266 g/mol. The first-order valence-corrected chi connectivity index (χ1v) is 6.90. The second-order valence-corrected chi connectivity index (χ2v) is 5.89. The number of aliphatic hydroxyl groups is 1. The topological polar surface area (TPSA) is 67.3 Å². The largest absolute Gasteiger partial charge is 0.424 e. The first-order chi connectivity index (χ1) is 9.96. The van der Waals surface area contributed by atoms with Crippen molar-refractivity contribution < 1.29 is 9.84 Å². The molecule has 0 fully saturated rings. The number of aliphatic hydroxyl groups excluding tert-OH is 1. The maximum atomic E-state index is 9.10. The smallest absolute Gasteiger partial charge is 0.321 e. The molecule has 0 aliphatic rings. The van der Waals surface area contributed by atoms with Gasteiger partial charge in [0.2, 0.25) is 0 Å². The van der Waals surface area contributed by atoms with Gasteiger partial charge in [0, 0.05) is 30.0 Å². The molecule has 1 heterocycles. The molecule has 0 aliphatic heterocycles. The Hall–Kier alpha value is -1.98. The van der Waals surface area contributed by atoms with Crippen molar-refractivity contribution in [2.24, 2.45) is 0 Å². The molecule has 1 aromatic heterocycles. The quantitative estimate of drug-likeness (QED) is 0.885. The van der Waals surface area contributed by atoms with Gasteiger partial charge in [-0.1, -0.05) is 12.1 Å². The molecule has 112 valence electrons. The molecule has 5 nitrogen and oxygen atoms in total. The summed E-state index contributed by atoms with van der Waals surface area (Å²) in [6.45, 7) is 7.03. The molecule has 0 saturated carbocycles. The highest BCUT2D eigenvalue weighted by Gasteiger charge is 2.09. The predicted octanol–water partition coefficient (Wildman–Crippen LogP) is 2.65. The average Bonchev–Trinajstić information content (AvgIpc) is 2.46. The lowest BCUT2D eigenvalue weighted by atomic mass is 10.1. The van der Waals surface area contributed by atoms with E-state index < -0.39 is 0 Å². The van der Waals surface area contributed by atoms with Crippen LogP contribution in [0.3, 0.4) is 0 Å². The highest BCUT2D eigenvalue weighted by molar-refractivity contribution is 5.30. The molecule has 2 rings (SSSR count). The van der Waals surface area contributed by atoms with Gasteiger partial charge in [-0.3, -0.25) is 0 Å². The molecule has 5 heteroatoms. The van der Waals surface area contributed by atoms with Crippen LogP contribution in [0, 0.1) is 0 Å². The molecule has 2 aromatic rings. The van der Waals surface area contributed by atoms with E-state index in [9.17, 15) is 0 Å². The molecule has 0 spiro atoms. The van der Waals surface area contributed by atoms with E-state index in [-0.39, 0.29) is 12.1 Å². The Morgan fingerprint density at radius 3 is 2.48 bits per heavy atom. The average molecular weight is 287 g/mol. The lowest BCUT2D eigenvalue weighted by Crippen LogP contribution is -2.35. The van der Waals surface area contributed by atoms with Crippen LogP contribution in [0.5, 0.6) is 11.8 Å². The van der Waals surface area contributed by atoms with Crippen LogP contribution in [-0.2, 0) is 13.2 Å². The summed E-state index contributed by atoms with van der Waals surface area (Å²) in [7, 11) is 0. The second-order valence-electron chi connectivity index (χ2n) is 5.89. The number of benzene rings is 1. The highest BCUT2D eigenvalue weighted by Crippen LogP contribution is 2.18. The van der Waals surface area contributed by atoms with E-state index in [0.717, 1.165) is 11.1 Å². The third kappa shape index (κ3) is 5.13. The number of nitrogens with one attached hydrogen (secondary N) is 1. The highest BCUT2D eigenvalue weighted by atomic mass is 16.5. The molecule has 0 aliphatic carbocycles. The van der Waals surface area contributed by atoms with Gasteiger partial charge in [0.15, 0.2) is 0 Å². The van der Waals surface area contributed by atoms with Crippen molar-refractivity contribution in [3.05, 3.63) is 47.8 Å². The standard InChI is InChI=1S/C16H21N3O2/c1-16(2,3)19-10-13-8-17-15(18-9-13)21-14-6-4-5-12(7-14)11-20/h4-9,19-20H,10-11H2,1-3H3. The summed E-state index contributed by atoms with van der Waals surface area (Å²) in [5.74, 6) is 0.613. The zero-order chi connectivity index (χ0) is 15.3. The zero-order valence-corrected chi connectivity index (χ0v) is 12.6. The van der Waals surface area contributed by atoms with E-state index in [4.69, 9.17) is 9.84 Å². The fourth-order valence-corrected chi connectivity index (χ4v) is 1.67. The minimum absolute atomic E-state index is 0.0184. The van der Waals surface area contributed by atoms with Crippen LogP contribution in [0.15, 0.2) is 36.7 Å². The monoisotopic (exact) mass is 287 g/mol. The van der Waals surface area contributed by atoms with Crippen LogP contribution in [0.1, 0.15) is 31.9 Å². The number of hydrogen-bond donors (Lipinski definition) is 2. The number of aromatic nitrogens is 2. The van der Waals surface area contributed by atoms with Crippen LogP contribution in [-0.4, -0.2) is 20.6 Å². The van der Waals surface area contributed by atoms with Gasteiger partial charge in [0.25, 0.3) is 0 Å². The zero-order valence-electron chi connectivity index (χ0n) is 12.6. The molecule has 0 atom stereocenters. The fraction of sp³-hybridized carbons (Fsp3) is 0.375. The van der Waals surface area contributed by atoms with Gasteiger partial charge in [-0.15, -0.1) is 0 Å². The lowest BCUT2D eigenvalue weighted by Gasteiger charge is -2.20. The van der Waals surface area contributed by atoms with Gasteiger partial charge < -0.3 is 15.2 Å². The second kappa shape index (κ2) is 6.65. The number of nitrogens with zero attached hydrogens (tertiary/aromatic N) is 2. The summed E-state index contributed by atoms with van der Waals surface area (Å²) in [6.07, 6.45) is 3.49. The van der Waals surface area contributed by atoms with Crippen LogP contribution in [0.2, 0.25) is 0 Å². The van der Waals surface area contributed by atoms with Crippen molar-refractivity contribution in [2.75, 3.05) is 0 Å². The Bertz CT molecular complexity index is 577. The summed E-state index contributed by atoms with van der Waals surface area (Å²) in [5, 5.41) is 12.5. The number of ether oxygens (including phenoxy) is 1. The Morgan fingerprint density at radius 1 is 1.14 bits per heavy atom. The van der Waals surface area contributed by atoms with E-state index in [1.54, 1.807) is 24.5 Å². The SMILES string of the molecule is CC(C)(C)NCc1cnc(Oc2cccc(CO)c2)nc1. The number of rotatable bonds is 5. The molecule has 1 aromatic carbocycles. The fourth-order valence-electron chi connectivity index (χ4n) is 1.67. The molecule has 21 heavy (non-hydrogen) atoms. The summed E-state index contributed by atoms with van der Waals surface area (Å²) in [6, 6.07) is 7.51. The van der Waals surface area contributed by atoms with Crippen molar-refractivity contribution >= 4 is 0 Å². The van der Waals surface area contributed by atoms with Gasteiger partial charge in [0.05, 0.1) is 6.61 Å². The van der Waals surface area contributed by atoms with Gasteiger partial charge >= 0.3 is 6.01 Å². The van der Waals surface area contributed by atoms with E-state index in [0.29, 0.717) is 18.3 Å². The molecule has 0 bridgehead atoms. The first kappa shape index (κ1) is 15.4. The van der Waals surface area contributed by atoms with Crippen LogP contribution in [0.25, 0.3) is 0 Å². The maximum absolute atomic E-state index is 9.10.